The predicted molar refractivity (Wildman–Crippen MR) is 74.7 cm³/mol. The fourth-order valence-corrected chi connectivity index (χ4v) is 2.56. The molecule has 3 heteroatoms. The van der Waals surface area contributed by atoms with Gasteiger partial charge < -0.3 is 10.2 Å². The molecule has 2 rings (SSSR count). The summed E-state index contributed by atoms with van der Waals surface area (Å²) in [6, 6.07) is 8.69. The van der Waals surface area contributed by atoms with Crippen LogP contribution in [0.5, 0.6) is 0 Å². The lowest BCUT2D eigenvalue weighted by molar-refractivity contribution is 0.227. The molecule has 0 bridgehead atoms. The van der Waals surface area contributed by atoms with Gasteiger partial charge in [0, 0.05) is 12.6 Å². The van der Waals surface area contributed by atoms with Crippen LogP contribution in [-0.2, 0) is 0 Å². The monoisotopic (exact) mass is 243 g/mol. The summed E-state index contributed by atoms with van der Waals surface area (Å²) in [5.41, 5.74) is 2.93. The second-order valence-corrected chi connectivity index (χ2v) is 5.04. The van der Waals surface area contributed by atoms with Crippen molar-refractivity contribution in [3.05, 3.63) is 29.3 Å². The summed E-state index contributed by atoms with van der Waals surface area (Å²) in [5.74, 6) is 0. The van der Waals surface area contributed by atoms with E-state index in [0.717, 1.165) is 24.3 Å². The first-order valence-corrected chi connectivity index (χ1v) is 6.72. The first-order valence-electron chi connectivity index (χ1n) is 6.72. The second-order valence-electron chi connectivity index (χ2n) is 5.04. The Morgan fingerprint density at radius 2 is 2.33 bits per heavy atom. The Morgan fingerprint density at radius 1 is 1.50 bits per heavy atom. The number of nitrogens with zero attached hydrogens (tertiary/aromatic N) is 2. The number of benzene rings is 1. The van der Waals surface area contributed by atoms with Crippen LogP contribution >= 0.6 is 0 Å². The molecular formula is C15H21N3. The Balaban J connectivity index is 2.09. The van der Waals surface area contributed by atoms with Gasteiger partial charge in [0.2, 0.25) is 0 Å². The van der Waals surface area contributed by atoms with Gasteiger partial charge >= 0.3 is 0 Å². The molecule has 1 saturated heterocycles. The highest BCUT2D eigenvalue weighted by Gasteiger charge is 2.19. The largest absolute Gasteiger partial charge is 0.380 e. The summed E-state index contributed by atoms with van der Waals surface area (Å²) in [6.07, 6.45) is 2.43. The fourth-order valence-electron chi connectivity index (χ4n) is 2.56. The SMILES string of the molecule is CCN1CCCC(Nc2cc(C)ccc2C#N)C1. The van der Waals surface area contributed by atoms with Crippen LogP contribution < -0.4 is 5.32 Å². The molecule has 1 heterocycles. The van der Waals surface area contributed by atoms with Gasteiger partial charge in [-0.25, -0.2) is 0 Å². The Morgan fingerprint density at radius 3 is 3.06 bits per heavy atom. The molecule has 1 aliphatic heterocycles. The molecule has 0 aliphatic carbocycles. The maximum absolute atomic E-state index is 9.14. The molecule has 1 aromatic carbocycles. The number of likely N-dealkylation sites (tertiary alicyclic amines) is 1. The number of nitriles is 1. The quantitative estimate of drug-likeness (QED) is 0.887. The minimum Gasteiger partial charge on any atom is -0.380 e. The van der Waals surface area contributed by atoms with Crippen molar-refractivity contribution >= 4 is 5.69 Å². The van der Waals surface area contributed by atoms with Crippen LogP contribution in [0.1, 0.15) is 30.9 Å². The van der Waals surface area contributed by atoms with Gasteiger partial charge in [0.05, 0.1) is 11.3 Å². The van der Waals surface area contributed by atoms with Crippen LogP contribution in [0.15, 0.2) is 18.2 Å². The summed E-state index contributed by atoms with van der Waals surface area (Å²) in [6.45, 7) is 7.65. The summed E-state index contributed by atoms with van der Waals surface area (Å²) in [5, 5.41) is 12.7. The van der Waals surface area contributed by atoms with E-state index in [1.165, 1.54) is 24.9 Å². The third-order valence-corrected chi connectivity index (χ3v) is 3.61. The van der Waals surface area contributed by atoms with Crippen LogP contribution in [-0.4, -0.2) is 30.6 Å². The Hall–Kier alpha value is -1.53. The molecule has 1 aromatic rings. The van der Waals surface area contributed by atoms with Crippen molar-refractivity contribution in [1.82, 2.24) is 4.90 Å². The average Bonchev–Trinajstić information content (AvgIpc) is 2.39. The predicted octanol–water partition coefficient (Wildman–Crippen LogP) is 2.76. The molecule has 18 heavy (non-hydrogen) atoms. The van der Waals surface area contributed by atoms with Gasteiger partial charge in [-0.05, 0) is 50.6 Å². The molecule has 96 valence electrons. The van der Waals surface area contributed by atoms with E-state index in [0.29, 0.717) is 6.04 Å². The molecule has 0 aromatic heterocycles. The summed E-state index contributed by atoms with van der Waals surface area (Å²) < 4.78 is 0. The molecule has 1 fully saturated rings. The van der Waals surface area contributed by atoms with E-state index in [2.05, 4.69) is 36.2 Å². The van der Waals surface area contributed by atoms with Gasteiger partial charge in [-0.1, -0.05) is 13.0 Å². The van der Waals surface area contributed by atoms with Crippen molar-refractivity contribution in [2.45, 2.75) is 32.7 Å². The highest BCUT2D eigenvalue weighted by atomic mass is 15.2. The highest BCUT2D eigenvalue weighted by Crippen LogP contribution is 2.20. The molecule has 0 amide bonds. The number of hydrogen-bond donors (Lipinski definition) is 1. The summed E-state index contributed by atoms with van der Waals surface area (Å²) in [4.78, 5) is 2.46. The van der Waals surface area contributed by atoms with Crippen molar-refractivity contribution in [3.8, 4) is 6.07 Å². The summed E-state index contributed by atoms with van der Waals surface area (Å²) >= 11 is 0. The Labute approximate surface area is 109 Å². The fraction of sp³-hybridized carbons (Fsp3) is 0.533. The van der Waals surface area contributed by atoms with Crippen LogP contribution in [0.4, 0.5) is 5.69 Å². The Kier molecular flexibility index (Phi) is 4.22. The maximum atomic E-state index is 9.14. The van der Waals surface area contributed by atoms with Gasteiger partial charge in [0.15, 0.2) is 0 Å². The molecule has 3 nitrogen and oxygen atoms in total. The number of rotatable bonds is 3. The number of anilines is 1. The number of hydrogen-bond acceptors (Lipinski definition) is 3. The first kappa shape index (κ1) is 12.9. The zero-order valence-electron chi connectivity index (χ0n) is 11.2. The number of likely N-dealkylation sites (N-methyl/N-ethyl adjacent to an activating group) is 1. The average molecular weight is 243 g/mol. The van der Waals surface area contributed by atoms with Gasteiger partial charge in [-0.15, -0.1) is 0 Å². The van der Waals surface area contributed by atoms with Crippen molar-refractivity contribution in [2.24, 2.45) is 0 Å². The third-order valence-electron chi connectivity index (χ3n) is 3.61. The van der Waals surface area contributed by atoms with E-state index in [1.807, 2.05) is 12.1 Å². The van der Waals surface area contributed by atoms with E-state index in [4.69, 9.17) is 5.26 Å². The normalized spacial score (nSPS) is 20.4. The topological polar surface area (TPSA) is 39.1 Å². The van der Waals surface area contributed by atoms with E-state index in [1.54, 1.807) is 0 Å². The molecule has 1 aliphatic rings. The Bertz CT molecular complexity index is 448. The summed E-state index contributed by atoms with van der Waals surface area (Å²) in [7, 11) is 0. The second kappa shape index (κ2) is 5.88. The highest BCUT2D eigenvalue weighted by molar-refractivity contribution is 5.59. The molecule has 1 atom stereocenters. The molecule has 1 unspecified atom stereocenters. The minimum absolute atomic E-state index is 0.465. The molecule has 1 N–H and O–H groups in total. The van der Waals surface area contributed by atoms with Crippen molar-refractivity contribution in [2.75, 3.05) is 25.0 Å². The van der Waals surface area contributed by atoms with Crippen LogP contribution in [0, 0.1) is 18.3 Å². The number of aryl methyl sites for hydroxylation is 1. The molecule has 0 saturated carbocycles. The van der Waals surface area contributed by atoms with E-state index < -0.39 is 0 Å². The van der Waals surface area contributed by atoms with Crippen LogP contribution in [0.25, 0.3) is 0 Å². The van der Waals surface area contributed by atoms with E-state index >= 15 is 0 Å². The van der Waals surface area contributed by atoms with Crippen molar-refractivity contribution in [1.29, 1.82) is 5.26 Å². The standard InChI is InChI=1S/C15H21N3/c1-3-18-8-4-5-14(11-18)17-15-9-12(2)6-7-13(15)10-16/h6-7,9,14,17H,3-5,8,11H2,1-2H3. The van der Waals surface area contributed by atoms with Crippen LogP contribution in [0.3, 0.4) is 0 Å². The smallest absolute Gasteiger partial charge is 0.101 e. The minimum atomic E-state index is 0.465. The van der Waals surface area contributed by atoms with Gasteiger partial charge in [-0.3, -0.25) is 0 Å². The number of nitrogens with one attached hydrogen (secondary N) is 1. The van der Waals surface area contributed by atoms with Crippen LogP contribution in [0.2, 0.25) is 0 Å². The van der Waals surface area contributed by atoms with Gasteiger partial charge in [0.25, 0.3) is 0 Å². The van der Waals surface area contributed by atoms with Gasteiger partial charge in [0.1, 0.15) is 6.07 Å². The lowest BCUT2D eigenvalue weighted by Gasteiger charge is -2.33. The lowest BCUT2D eigenvalue weighted by Crippen LogP contribution is -2.41. The molecular weight excluding hydrogens is 222 g/mol. The third kappa shape index (κ3) is 3.02. The zero-order chi connectivity index (χ0) is 13.0. The van der Waals surface area contributed by atoms with E-state index in [9.17, 15) is 0 Å². The van der Waals surface area contributed by atoms with Crippen molar-refractivity contribution in [3.63, 3.8) is 0 Å². The van der Waals surface area contributed by atoms with Gasteiger partial charge in [-0.2, -0.15) is 5.26 Å². The zero-order valence-corrected chi connectivity index (χ0v) is 11.2. The van der Waals surface area contributed by atoms with E-state index in [-0.39, 0.29) is 0 Å². The molecule has 0 spiro atoms. The maximum Gasteiger partial charge on any atom is 0.101 e. The first-order chi connectivity index (χ1) is 8.72. The molecule has 0 radical (unpaired) electrons. The number of piperidine rings is 1. The lowest BCUT2D eigenvalue weighted by atomic mass is 10.0. The van der Waals surface area contributed by atoms with Crippen molar-refractivity contribution < 1.29 is 0 Å².